The van der Waals surface area contributed by atoms with E-state index in [-0.39, 0.29) is 0 Å². The van der Waals surface area contributed by atoms with Crippen LogP contribution in [0.3, 0.4) is 0 Å². The van der Waals surface area contributed by atoms with Crippen LogP contribution in [0.1, 0.15) is 11.1 Å². The van der Waals surface area contributed by atoms with Crippen LogP contribution in [0.25, 0.3) is 16.1 Å². The first-order chi connectivity index (χ1) is 8.86. The predicted molar refractivity (Wildman–Crippen MR) is 71.9 cm³/mol. The van der Waals surface area contributed by atoms with Gasteiger partial charge in [-0.1, -0.05) is 60.7 Å². The molecule has 0 atom stereocenters. The highest BCUT2D eigenvalue weighted by molar-refractivity contribution is 5.99. The van der Waals surface area contributed by atoms with Crippen molar-refractivity contribution >= 4 is 11.3 Å². The molecule has 0 bridgehead atoms. The molecule has 2 aromatic carbocycles. The number of hydrogen-bond acceptors (Lipinski definition) is 1. The molecule has 2 heteroatoms. The molecule has 0 aliphatic rings. The molecule has 84 valence electrons. The zero-order chi connectivity index (χ0) is 12.8. The van der Waals surface area contributed by atoms with E-state index in [9.17, 15) is 5.26 Å². The molecule has 18 heavy (non-hydrogen) atoms. The normalized spacial score (nSPS) is 11.0. The molecule has 0 spiro atoms. The summed E-state index contributed by atoms with van der Waals surface area (Å²) in [5, 5.41) is 9.29. The van der Waals surface area contributed by atoms with Gasteiger partial charge in [-0.15, -0.1) is 0 Å². The highest BCUT2D eigenvalue weighted by Crippen LogP contribution is 2.26. The predicted octanol–water partition coefficient (Wildman–Crippen LogP) is 4.00. The zero-order valence-electron chi connectivity index (χ0n) is 9.67. The van der Waals surface area contributed by atoms with Crippen LogP contribution in [0.4, 0.5) is 0 Å². The molecule has 0 fully saturated rings. The van der Waals surface area contributed by atoms with E-state index in [0.29, 0.717) is 11.3 Å². The Balaban J connectivity index is 2.63. The van der Waals surface area contributed by atoms with E-state index in [2.05, 4.69) is 10.9 Å². The highest BCUT2D eigenvalue weighted by atomic mass is 14.7. The molecule has 0 aliphatic heterocycles. The van der Waals surface area contributed by atoms with Gasteiger partial charge in [0, 0.05) is 0 Å². The van der Waals surface area contributed by atoms with Crippen LogP contribution < -0.4 is 0 Å². The largest absolute Gasteiger partial charge is 0.236 e. The Morgan fingerprint density at radius 2 is 1.39 bits per heavy atom. The third-order valence-electron chi connectivity index (χ3n) is 2.57. The molecule has 0 saturated carbocycles. The van der Waals surface area contributed by atoms with Crippen LogP contribution in [-0.2, 0) is 0 Å². The highest BCUT2D eigenvalue weighted by Gasteiger charge is 2.10. The topological polar surface area (TPSA) is 28.1 Å². The molecule has 0 heterocycles. The molecule has 0 N–H and O–H groups in total. The van der Waals surface area contributed by atoms with Crippen molar-refractivity contribution in [1.82, 2.24) is 0 Å². The Morgan fingerprint density at radius 3 is 1.83 bits per heavy atom. The van der Waals surface area contributed by atoms with Crippen LogP contribution in [0.2, 0.25) is 0 Å². The summed E-state index contributed by atoms with van der Waals surface area (Å²) in [5.74, 6) is 0. The Kier molecular flexibility index (Phi) is 3.54. The fraction of sp³-hybridized carbons (Fsp3) is 0. The summed E-state index contributed by atoms with van der Waals surface area (Å²) >= 11 is 0. The van der Waals surface area contributed by atoms with E-state index in [1.54, 1.807) is 0 Å². The van der Waals surface area contributed by atoms with E-state index in [1.807, 2.05) is 60.7 Å². The lowest BCUT2D eigenvalue weighted by molar-refractivity contribution is 1.51. The summed E-state index contributed by atoms with van der Waals surface area (Å²) in [6.07, 6.45) is 0. The molecular weight excluding hydrogens is 220 g/mol. The van der Waals surface area contributed by atoms with Crippen LogP contribution >= 0.6 is 0 Å². The van der Waals surface area contributed by atoms with Gasteiger partial charge in [-0.2, -0.15) is 5.26 Å². The minimum Gasteiger partial charge on any atom is -0.236 e. The number of rotatable bonds is 2. The Labute approximate surface area is 106 Å². The summed E-state index contributed by atoms with van der Waals surface area (Å²) in [6.45, 7) is 7.30. The van der Waals surface area contributed by atoms with Crippen LogP contribution in [0.5, 0.6) is 0 Å². The molecule has 2 rings (SSSR count). The minimum absolute atomic E-state index is 0.393. The van der Waals surface area contributed by atoms with Gasteiger partial charge in [0.25, 0.3) is 0 Å². The first kappa shape index (κ1) is 11.6. The molecule has 2 nitrogen and oxygen atoms in total. The third kappa shape index (κ3) is 2.29. The second-order valence-electron chi connectivity index (χ2n) is 3.68. The molecule has 0 saturated heterocycles. The molecule has 0 aliphatic carbocycles. The summed E-state index contributed by atoms with van der Waals surface area (Å²) in [4.78, 5) is 3.51. The lowest BCUT2D eigenvalue weighted by Gasteiger charge is -2.03. The van der Waals surface area contributed by atoms with E-state index in [4.69, 9.17) is 6.57 Å². The van der Waals surface area contributed by atoms with Crippen molar-refractivity contribution < 1.29 is 0 Å². The van der Waals surface area contributed by atoms with Crippen LogP contribution in [0, 0.1) is 17.9 Å². The SMILES string of the molecule is [C-]#[N+]/C(=C(/C#N)c1ccccc1)c1ccccc1. The third-order valence-corrected chi connectivity index (χ3v) is 2.57. The van der Waals surface area contributed by atoms with Crippen molar-refractivity contribution in [3.8, 4) is 6.07 Å². The van der Waals surface area contributed by atoms with Crippen molar-refractivity contribution in [3.63, 3.8) is 0 Å². The van der Waals surface area contributed by atoms with Crippen molar-refractivity contribution in [2.45, 2.75) is 0 Å². The quantitative estimate of drug-likeness (QED) is 0.435. The lowest BCUT2D eigenvalue weighted by Crippen LogP contribution is -1.87. The van der Waals surface area contributed by atoms with Gasteiger partial charge >= 0.3 is 0 Å². The van der Waals surface area contributed by atoms with Gasteiger partial charge in [0.05, 0.1) is 18.2 Å². The summed E-state index contributed by atoms with van der Waals surface area (Å²) in [6, 6.07) is 20.7. The number of nitriles is 1. The maximum Gasteiger partial charge on any atom is 0.212 e. The van der Waals surface area contributed by atoms with Gasteiger partial charge in [0.1, 0.15) is 0 Å². The van der Waals surface area contributed by atoms with Gasteiger partial charge in [0.2, 0.25) is 5.70 Å². The summed E-state index contributed by atoms with van der Waals surface area (Å²) in [7, 11) is 0. The smallest absolute Gasteiger partial charge is 0.212 e. The van der Waals surface area contributed by atoms with E-state index in [0.717, 1.165) is 11.1 Å². The Hall–Kier alpha value is -2.84. The van der Waals surface area contributed by atoms with Crippen molar-refractivity contribution in [2.75, 3.05) is 0 Å². The van der Waals surface area contributed by atoms with Gasteiger partial charge in [0.15, 0.2) is 0 Å². The van der Waals surface area contributed by atoms with Gasteiger partial charge < -0.3 is 0 Å². The van der Waals surface area contributed by atoms with Crippen molar-refractivity contribution in [2.24, 2.45) is 0 Å². The molecule has 0 amide bonds. The molecule has 2 aromatic rings. The second kappa shape index (κ2) is 5.48. The maximum atomic E-state index is 9.29. The van der Waals surface area contributed by atoms with Crippen LogP contribution in [-0.4, -0.2) is 0 Å². The lowest BCUT2D eigenvalue weighted by atomic mass is 10.0. The summed E-state index contributed by atoms with van der Waals surface area (Å²) < 4.78 is 0. The molecular formula is C16H10N2. The molecule has 0 radical (unpaired) electrons. The van der Waals surface area contributed by atoms with Gasteiger partial charge in [-0.05, 0) is 11.1 Å². The fourth-order valence-electron chi connectivity index (χ4n) is 1.72. The monoisotopic (exact) mass is 230 g/mol. The Morgan fingerprint density at radius 1 is 0.889 bits per heavy atom. The van der Waals surface area contributed by atoms with Gasteiger partial charge in [-0.3, -0.25) is 0 Å². The fourth-order valence-corrected chi connectivity index (χ4v) is 1.72. The number of allylic oxidation sites excluding steroid dienone is 1. The first-order valence-electron chi connectivity index (χ1n) is 5.49. The Bertz CT molecular complexity index is 581. The average molecular weight is 230 g/mol. The van der Waals surface area contributed by atoms with E-state index < -0.39 is 0 Å². The zero-order valence-corrected chi connectivity index (χ0v) is 9.67. The van der Waals surface area contributed by atoms with Crippen molar-refractivity contribution in [3.05, 3.63) is 83.2 Å². The van der Waals surface area contributed by atoms with E-state index in [1.165, 1.54) is 0 Å². The summed E-state index contributed by atoms with van der Waals surface area (Å²) in [5.41, 5.74) is 2.35. The van der Waals surface area contributed by atoms with Crippen molar-refractivity contribution in [1.29, 1.82) is 5.26 Å². The van der Waals surface area contributed by atoms with E-state index >= 15 is 0 Å². The standard InChI is InChI=1S/C16H10N2/c1-18-16(14-10-6-3-7-11-14)15(12-17)13-8-4-2-5-9-13/h2-11H/b16-15-. The maximum absolute atomic E-state index is 9.29. The minimum atomic E-state index is 0.393. The molecule has 0 unspecified atom stereocenters. The average Bonchev–Trinajstić information content (AvgIpc) is 2.46. The first-order valence-corrected chi connectivity index (χ1v) is 5.49. The number of hydrogen-bond donors (Lipinski definition) is 0. The molecule has 0 aromatic heterocycles. The van der Waals surface area contributed by atoms with Gasteiger partial charge in [-0.25, -0.2) is 4.85 Å². The second-order valence-corrected chi connectivity index (χ2v) is 3.68. The van der Waals surface area contributed by atoms with Crippen LogP contribution in [0.15, 0.2) is 60.7 Å². The number of benzene rings is 2. The number of nitrogens with zero attached hydrogens (tertiary/aromatic N) is 2.